The molecule has 1 aromatic carbocycles. The molecular weight excluding hydrogens is 402 g/mol. The zero-order valence-corrected chi connectivity index (χ0v) is 15.3. The van der Waals surface area contributed by atoms with Gasteiger partial charge in [-0.3, -0.25) is 11.6 Å². The van der Waals surface area contributed by atoms with E-state index in [0.717, 1.165) is 10.2 Å². The maximum atomic E-state index is 11.1. The summed E-state index contributed by atoms with van der Waals surface area (Å²) in [6, 6.07) is 7.33. The van der Waals surface area contributed by atoms with E-state index in [1.807, 2.05) is 6.92 Å². The Hall–Kier alpha value is -2.17. The van der Waals surface area contributed by atoms with E-state index in [1.165, 1.54) is 25.4 Å². The van der Waals surface area contributed by atoms with E-state index >= 15 is 0 Å². The molecule has 0 amide bonds. The number of halogens is 1. The fourth-order valence-corrected chi connectivity index (χ4v) is 2.45. The highest BCUT2D eigenvalue weighted by molar-refractivity contribution is 9.10. The second-order valence-electron chi connectivity index (χ2n) is 4.63. The molecule has 10 heteroatoms. The Morgan fingerprint density at radius 3 is 2.25 bits per heavy atom. The standard InChI is InChI=1S/C7H8BrN3O2.C7H8O3S/c1-13-7(12)4-2-5(8)6(9)11(10)3-4;1-6-2-4-7(5-3-6)11(8,9)10/h2-3,9H,10H2,1H3;2-5H,1H3,(H,8,9,10). The zero-order chi connectivity index (χ0) is 18.5. The van der Waals surface area contributed by atoms with Crippen LogP contribution in [0.5, 0.6) is 0 Å². The lowest BCUT2D eigenvalue weighted by molar-refractivity contribution is -0.624. The van der Waals surface area contributed by atoms with Gasteiger partial charge in [0.2, 0.25) is 0 Å². The SMILES string of the molecule is COC(=O)c1cc(Br)c(N)[n+](N)c1.Cc1ccc(S(=O)(=O)[O-])cc1. The van der Waals surface area contributed by atoms with Gasteiger partial charge >= 0.3 is 11.8 Å². The monoisotopic (exact) mass is 417 g/mol. The predicted molar refractivity (Wildman–Crippen MR) is 89.4 cm³/mol. The highest BCUT2D eigenvalue weighted by Crippen LogP contribution is 2.16. The van der Waals surface area contributed by atoms with Crippen LogP contribution in [0.3, 0.4) is 0 Å². The number of hydrogen-bond donors (Lipinski definition) is 2. The molecular formula is C14H16BrN3O5S. The number of nitrogens with zero attached hydrogens (tertiary/aromatic N) is 1. The van der Waals surface area contributed by atoms with Gasteiger partial charge in [0.15, 0.2) is 0 Å². The van der Waals surface area contributed by atoms with E-state index in [-0.39, 0.29) is 4.90 Å². The molecule has 1 aromatic heterocycles. The van der Waals surface area contributed by atoms with Gasteiger partial charge < -0.3 is 9.29 Å². The second kappa shape index (κ2) is 8.08. The van der Waals surface area contributed by atoms with E-state index in [4.69, 9.17) is 11.6 Å². The number of pyridine rings is 1. The van der Waals surface area contributed by atoms with Crippen molar-refractivity contribution in [3.05, 3.63) is 52.1 Å². The average Bonchev–Trinajstić information content (AvgIpc) is 2.51. The highest BCUT2D eigenvalue weighted by Gasteiger charge is 2.14. The number of carbonyl (C=O) groups excluding carboxylic acids is 1. The molecule has 4 N–H and O–H groups in total. The Morgan fingerprint density at radius 2 is 1.83 bits per heavy atom. The third kappa shape index (κ3) is 5.48. The number of aryl methyl sites for hydroxylation is 1. The number of anilines is 1. The van der Waals surface area contributed by atoms with E-state index in [0.29, 0.717) is 15.9 Å². The summed E-state index contributed by atoms with van der Waals surface area (Å²) < 4.78 is 37.4. The van der Waals surface area contributed by atoms with Crippen LogP contribution in [0.25, 0.3) is 0 Å². The van der Waals surface area contributed by atoms with Crippen molar-refractivity contribution >= 4 is 37.8 Å². The van der Waals surface area contributed by atoms with Crippen molar-refractivity contribution in [1.29, 1.82) is 0 Å². The van der Waals surface area contributed by atoms with E-state index in [9.17, 15) is 17.8 Å². The van der Waals surface area contributed by atoms with Crippen LogP contribution >= 0.6 is 15.9 Å². The van der Waals surface area contributed by atoms with Crippen molar-refractivity contribution in [1.82, 2.24) is 0 Å². The molecule has 0 bridgehead atoms. The van der Waals surface area contributed by atoms with Gasteiger partial charge in [0, 0.05) is 0 Å². The molecule has 0 radical (unpaired) electrons. The molecule has 1 heterocycles. The number of rotatable bonds is 2. The normalized spacial score (nSPS) is 10.5. The van der Waals surface area contributed by atoms with Crippen molar-refractivity contribution in [2.75, 3.05) is 18.7 Å². The smallest absolute Gasteiger partial charge is 0.341 e. The van der Waals surface area contributed by atoms with Gasteiger partial charge in [0.25, 0.3) is 0 Å². The highest BCUT2D eigenvalue weighted by atomic mass is 79.9. The number of esters is 1. The fourth-order valence-electron chi connectivity index (χ4n) is 1.52. The van der Waals surface area contributed by atoms with Crippen LogP contribution in [0.4, 0.5) is 5.82 Å². The first-order chi connectivity index (χ1) is 11.1. The molecule has 2 aromatic rings. The number of carbonyl (C=O) groups is 1. The molecule has 0 atom stereocenters. The van der Waals surface area contributed by atoms with E-state index < -0.39 is 16.1 Å². The molecule has 0 aliphatic carbocycles. The number of methoxy groups -OCH3 is 1. The average molecular weight is 418 g/mol. The molecule has 0 unspecified atom stereocenters. The molecule has 0 saturated heterocycles. The number of benzene rings is 1. The summed E-state index contributed by atoms with van der Waals surface area (Å²) in [5.74, 6) is 5.35. The van der Waals surface area contributed by atoms with Crippen LogP contribution in [0.15, 0.2) is 45.9 Å². The summed E-state index contributed by atoms with van der Waals surface area (Å²) in [7, 11) is -2.97. The minimum Gasteiger partial charge on any atom is -0.744 e. The molecule has 130 valence electrons. The Morgan fingerprint density at radius 1 is 1.29 bits per heavy atom. The Kier molecular flexibility index (Phi) is 6.70. The minimum atomic E-state index is -4.27. The maximum Gasteiger partial charge on any atom is 0.341 e. The van der Waals surface area contributed by atoms with Gasteiger partial charge in [-0.25, -0.2) is 13.2 Å². The van der Waals surface area contributed by atoms with Crippen molar-refractivity contribution in [2.24, 2.45) is 0 Å². The molecule has 2 rings (SSSR count). The summed E-state index contributed by atoms with van der Waals surface area (Å²) in [6.45, 7) is 1.82. The topological polar surface area (TPSA) is 139 Å². The first kappa shape index (κ1) is 19.9. The number of nitrogens with two attached hydrogens (primary N) is 2. The minimum absolute atomic E-state index is 0.178. The predicted octanol–water partition coefficient (Wildman–Crippen LogP) is 0.718. The number of hydrogen-bond acceptors (Lipinski definition) is 7. The third-order valence-electron chi connectivity index (χ3n) is 2.81. The first-order valence-corrected chi connectivity index (χ1v) is 8.63. The van der Waals surface area contributed by atoms with Gasteiger partial charge in [-0.2, -0.15) is 0 Å². The van der Waals surface area contributed by atoms with Gasteiger partial charge in [-0.1, -0.05) is 17.7 Å². The van der Waals surface area contributed by atoms with Crippen LogP contribution in [0.2, 0.25) is 0 Å². The van der Waals surface area contributed by atoms with Crippen LogP contribution in [-0.2, 0) is 14.9 Å². The van der Waals surface area contributed by atoms with Crippen molar-refractivity contribution < 1.29 is 27.2 Å². The van der Waals surface area contributed by atoms with Crippen molar-refractivity contribution in [3.63, 3.8) is 0 Å². The molecule has 0 aliphatic rings. The summed E-state index contributed by atoms with van der Waals surface area (Å²) in [4.78, 5) is 10.9. The zero-order valence-electron chi connectivity index (χ0n) is 12.9. The lowest BCUT2D eigenvalue weighted by atomic mass is 10.2. The van der Waals surface area contributed by atoms with Crippen LogP contribution < -0.4 is 16.3 Å². The van der Waals surface area contributed by atoms with Crippen molar-refractivity contribution in [2.45, 2.75) is 11.8 Å². The summed E-state index contributed by atoms with van der Waals surface area (Å²) >= 11 is 3.16. The molecule has 0 spiro atoms. The Balaban J connectivity index is 0.000000243. The molecule has 24 heavy (non-hydrogen) atoms. The van der Waals surface area contributed by atoms with Gasteiger partial charge in [-0.15, -0.1) is 4.68 Å². The lowest BCUT2D eigenvalue weighted by Crippen LogP contribution is -2.47. The van der Waals surface area contributed by atoms with Crippen LogP contribution in [0, 0.1) is 6.92 Å². The number of nitrogen functional groups attached to an aromatic ring is 2. The Labute approximate surface area is 147 Å². The van der Waals surface area contributed by atoms with Crippen molar-refractivity contribution in [3.8, 4) is 0 Å². The quantitative estimate of drug-likeness (QED) is 0.317. The largest absolute Gasteiger partial charge is 0.744 e. The van der Waals surface area contributed by atoms with E-state index in [1.54, 1.807) is 18.2 Å². The second-order valence-corrected chi connectivity index (χ2v) is 6.86. The molecule has 0 saturated carbocycles. The van der Waals surface area contributed by atoms with E-state index in [2.05, 4.69) is 20.7 Å². The van der Waals surface area contributed by atoms with Crippen LogP contribution in [0.1, 0.15) is 15.9 Å². The fraction of sp³-hybridized carbons (Fsp3) is 0.143. The third-order valence-corrected chi connectivity index (χ3v) is 4.30. The summed E-state index contributed by atoms with van der Waals surface area (Å²) in [6.07, 6.45) is 1.39. The molecule has 0 aliphatic heterocycles. The molecule has 8 nitrogen and oxygen atoms in total. The first-order valence-electron chi connectivity index (χ1n) is 6.43. The lowest BCUT2D eigenvalue weighted by Gasteiger charge is -2.05. The summed E-state index contributed by atoms with van der Waals surface area (Å²) in [5, 5.41) is 0. The van der Waals surface area contributed by atoms with Gasteiger partial charge in [-0.05, 0) is 41.1 Å². The van der Waals surface area contributed by atoms with Crippen LogP contribution in [-0.4, -0.2) is 26.0 Å². The van der Waals surface area contributed by atoms with Gasteiger partial charge in [0.1, 0.15) is 26.4 Å². The maximum absolute atomic E-state index is 11.1. The van der Waals surface area contributed by atoms with Gasteiger partial charge in [0.05, 0.1) is 12.0 Å². The molecule has 0 fully saturated rings. The summed E-state index contributed by atoms with van der Waals surface area (Å²) in [5.41, 5.74) is 6.80. The Bertz CT molecular complexity index is 815. The number of aromatic nitrogens is 1. The number of ether oxygens (including phenoxy) is 1.